The summed E-state index contributed by atoms with van der Waals surface area (Å²) < 4.78 is 211. The maximum absolute atomic E-state index is 14.3. The number of halogens is 15. The number of alkyl halides is 12. The first-order chi connectivity index (χ1) is 30.5. The molecule has 0 bridgehead atoms. The Morgan fingerprint density at radius 3 is 1.12 bits per heavy atom. The fourth-order valence-corrected chi connectivity index (χ4v) is 5.91. The van der Waals surface area contributed by atoms with Crippen molar-refractivity contribution in [2.45, 2.75) is 105 Å². The van der Waals surface area contributed by atoms with Crippen LogP contribution in [0.4, 0.5) is 61.5 Å². The van der Waals surface area contributed by atoms with Gasteiger partial charge in [-0.2, -0.15) is 26.3 Å². The molecule has 0 heterocycles. The summed E-state index contributed by atoms with van der Waals surface area (Å²) in [6.45, 7) is 13.5. The summed E-state index contributed by atoms with van der Waals surface area (Å²) in [4.78, 5) is 25.3. The Labute approximate surface area is 387 Å². The predicted molar refractivity (Wildman–Crippen MR) is 218 cm³/mol. The molecule has 4 aromatic rings. The molecule has 4 aromatic carbocycles. The summed E-state index contributed by atoms with van der Waals surface area (Å²) in [5, 5.41) is 15.2. The van der Waals surface area contributed by atoms with E-state index in [0.717, 1.165) is 45.0 Å². The minimum atomic E-state index is -5.14. The highest BCUT2D eigenvalue weighted by Gasteiger charge is 2.39. The number of ether oxygens (including phenoxy) is 6. The second kappa shape index (κ2) is 21.9. The Morgan fingerprint density at radius 1 is 0.500 bits per heavy atom. The van der Waals surface area contributed by atoms with Crippen LogP contribution in [0.3, 0.4) is 0 Å². The lowest BCUT2D eigenvalue weighted by Crippen LogP contribution is -2.25. The third-order valence-corrected chi connectivity index (χ3v) is 8.66. The van der Waals surface area contributed by atoms with E-state index in [1.807, 2.05) is 0 Å². The summed E-state index contributed by atoms with van der Waals surface area (Å²) >= 11 is 2.75. The predicted octanol–water partition coefficient (Wildman–Crippen LogP) is 13.8. The van der Waals surface area contributed by atoms with Crippen molar-refractivity contribution in [2.24, 2.45) is 0 Å². The zero-order valence-corrected chi connectivity index (χ0v) is 38.6. The molecule has 10 nitrogen and oxygen atoms in total. The van der Waals surface area contributed by atoms with Gasteiger partial charge in [0.1, 0.15) is 45.3 Å². The van der Waals surface area contributed by atoms with E-state index in [1.165, 1.54) is 48.4 Å². The molecule has 26 heteroatoms. The lowest BCUT2D eigenvalue weighted by molar-refractivity contribution is -0.276. The van der Waals surface area contributed by atoms with E-state index >= 15 is 0 Å². The van der Waals surface area contributed by atoms with Gasteiger partial charge in [-0.15, -0.1) is 26.3 Å². The van der Waals surface area contributed by atoms with Crippen molar-refractivity contribution < 1.29 is 110 Å². The largest absolute Gasteiger partial charge is 0.573 e. The average molecular weight is 1060 g/mol. The minimum absolute atomic E-state index is 0.332. The number of hydrogen-bond donors (Lipinski definition) is 2. The average Bonchev–Trinajstić information content (AvgIpc) is 3.11. The molecule has 0 saturated carbocycles. The van der Waals surface area contributed by atoms with Gasteiger partial charge in [-0.05, 0) is 139 Å². The maximum Gasteiger partial charge on any atom is 0.573 e. The van der Waals surface area contributed by atoms with Crippen LogP contribution < -0.4 is 18.9 Å². The summed E-state index contributed by atoms with van der Waals surface area (Å²) in [5.41, 5.74) is -6.94. The van der Waals surface area contributed by atoms with Crippen molar-refractivity contribution in [2.75, 3.05) is 0 Å². The molecule has 4 rings (SSSR count). The van der Waals surface area contributed by atoms with Crippen LogP contribution in [0.2, 0.25) is 6.82 Å². The topological polar surface area (TPSA) is 130 Å². The molecule has 2 N–H and O–H groups in total. The van der Waals surface area contributed by atoms with Crippen LogP contribution in [-0.4, -0.2) is 53.0 Å². The lowest BCUT2D eigenvalue weighted by atomic mass is 9.99. The van der Waals surface area contributed by atoms with Crippen molar-refractivity contribution >= 4 is 35.0 Å². The lowest BCUT2D eigenvalue weighted by Gasteiger charge is -2.23. The second-order valence-corrected chi connectivity index (χ2v) is 16.6. The zero-order valence-electron chi connectivity index (χ0n) is 37.0. The molecule has 0 spiro atoms. The molecule has 0 aliphatic heterocycles. The Hall–Kier alpha value is -5.50. The quantitative estimate of drug-likeness (QED) is 0.0999. The van der Waals surface area contributed by atoms with E-state index in [2.05, 4.69) is 25.4 Å². The molecule has 0 aliphatic carbocycles. The smallest absolute Gasteiger partial charge is 0.456 e. The highest BCUT2D eigenvalue weighted by atomic mass is 79.9. The fourth-order valence-electron chi connectivity index (χ4n) is 5.19. The first-order valence-corrected chi connectivity index (χ1v) is 19.7. The standard InChI is InChI=1S/C21H19F7O4.C20H16BrF7O4.CH5BO2/c1-10-12(20(23,24)25)6-7-14(16(10)18(29)32-19(3,4)5)30-13-8-9-15(17(22)11(13)2)31-21(26,27)28;1-9-11(7-8-13(16(9)22)31-20(26,27)28)30-12-6-5-10(19(23,24)25)15(21)14(12)17(29)32-18(2,3)4;1-2(3)4/h6-9H,1-5H3;5-8H,1-4H3;3-4H,1H3. The van der Waals surface area contributed by atoms with Crippen LogP contribution in [0.25, 0.3) is 0 Å². The Kier molecular flexibility index (Phi) is 18.8. The first-order valence-electron chi connectivity index (χ1n) is 18.9. The third kappa shape index (κ3) is 17.5. The van der Waals surface area contributed by atoms with Gasteiger partial charge < -0.3 is 38.5 Å². The third-order valence-electron chi connectivity index (χ3n) is 7.84. The normalized spacial score (nSPS) is 12.2. The Balaban J connectivity index is 0.000000432. The molecule has 0 radical (unpaired) electrons. The van der Waals surface area contributed by atoms with Gasteiger partial charge in [-0.1, -0.05) is 0 Å². The van der Waals surface area contributed by atoms with Gasteiger partial charge in [0.05, 0.1) is 11.1 Å². The van der Waals surface area contributed by atoms with Crippen LogP contribution in [0.5, 0.6) is 34.5 Å². The highest BCUT2D eigenvalue weighted by Crippen LogP contribution is 2.44. The van der Waals surface area contributed by atoms with Crippen LogP contribution in [0.1, 0.15) is 90.1 Å². The molecule has 68 heavy (non-hydrogen) atoms. The summed E-state index contributed by atoms with van der Waals surface area (Å²) in [7, 11) is -1.17. The molecule has 0 aromatic heterocycles. The van der Waals surface area contributed by atoms with Crippen molar-refractivity contribution in [3.63, 3.8) is 0 Å². The summed E-state index contributed by atoms with van der Waals surface area (Å²) in [6, 6.07) is 6.12. The monoisotopic (exact) mass is 1060 g/mol. The van der Waals surface area contributed by atoms with Crippen molar-refractivity contribution in [1.82, 2.24) is 0 Å². The van der Waals surface area contributed by atoms with Crippen LogP contribution in [-0.2, 0) is 21.8 Å². The molecular formula is C42H40BBrF14O10. The maximum atomic E-state index is 14.3. The highest BCUT2D eigenvalue weighted by molar-refractivity contribution is 9.10. The molecule has 0 fully saturated rings. The summed E-state index contributed by atoms with van der Waals surface area (Å²) in [5.74, 6) is -8.82. The van der Waals surface area contributed by atoms with Crippen LogP contribution in [0.15, 0.2) is 53.0 Å². The number of rotatable bonds is 8. The van der Waals surface area contributed by atoms with Gasteiger partial charge in [-0.25, -0.2) is 18.4 Å². The van der Waals surface area contributed by atoms with Gasteiger partial charge in [0.2, 0.25) is 0 Å². The minimum Gasteiger partial charge on any atom is -0.456 e. The van der Waals surface area contributed by atoms with Crippen LogP contribution >= 0.6 is 15.9 Å². The van der Waals surface area contributed by atoms with E-state index in [1.54, 1.807) is 0 Å². The number of benzene rings is 4. The fraction of sp³-hybridized carbons (Fsp3) is 0.381. The van der Waals surface area contributed by atoms with Crippen molar-refractivity contribution in [3.8, 4) is 34.5 Å². The SMILES string of the molecule is CB(O)O.Cc1c(Oc2ccc(C(F)(F)F)c(Br)c2C(=O)OC(C)(C)C)ccc(OC(F)(F)F)c1F.Cc1c(Oc2ccc(C(F)(F)F)c(C)c2C(=O)OC(C)(C)C)ccc(OC(F)(F)F)c1F. The molecule has 0 unspecified atom stereocenters. The van der Waals surface area contributed by atoms with Crippen LogP contribution in [0, 0.1) is 32.4 Å². The molecule has 376 valence electrons. The van der Waals surface area contributed by atoms with Gasteiger partial charge in [-0.3, -0.25) is 0 Å². The van der Waals surface area contributed by atoms with E-state index in [4.69, 9.17) is 29.0 Å². The molecular weight excluding hydrogens is 1020 g/mol. The zero-order chi connectivity index (χ0) is 52.9. The Morgan fingerprint density at radius 2 is 0.794 bits per heavy atom. The molecule has 0 atom stereocenters. The van der Waals surface area contributed by atoms with Gasteiger partial charge in [0, 0.05) is 15.6 Å². The van der Waals surface area contributed by atoms with Gasteiger partial charge in [0.15, 0.2) is 23.1 Å². The molecule has 0 amide bonds. The molecule has 0 aliphatic rings. The molecule has 0 saturated heterocycles. The second-order valence-electron chi connectivity index (χ2n) is 15.8. The number of hydrogen-bond acceptors (Lipinski definition) is 10. The van der Waals surface area contributed by atoms with E-state index in [0.29, 0.717) is 24.3 Å². The van der Waals surface area contributed by atoms with E-state index in [-0.39, 0.29) is 11.5 Å². The van der Waals surface area contributed by atoms with Gasteiger partial charge >= 0.3 is 44.1 Å². The van der Waals surface area contributed by atoms with Crippen molar-refractivity contribution in [1.29, 1.82) is 0 Å². The van der Waals surface area contributed by atoms with Crippen molar-refractivity contribution in [3.05, 3.63) is 104 Å². The van der Waals surface area contributed by atoms with E-state index < -0.39 is 133 Å². The van der Waals surface area contributed by atoms with E-state index in [9.17, 15) is 71.1 Å². The summed E-state index contributed by atoms with van der Waals surface area (Å²) in [6.07, 6.45) is -19.9. The number of carbonyl (C=O) groups is 2. The number of esters is 2. The Bertz CT molecular complexity index is 2270. The number of carbonyl (C=O) groups excluding carboxylic acids is 2. The van der Waals surface area contributed by atoms with Gasteiger partial charge in [0.25, 0.3) is 0 Å². The first kappa shape index (κ1) is 58.6.